The average Bonchev–Trinajstić information content (AvgIpc) is 3.13. The van der Waals surface area contributed by atoms with Crippen LogP contribution in [-0.2, 0) is 0 Å². The second-order valence-corrected chi connectivity index (χ2v) is 6.58. The van der Waals surface area contributed by atoms with Crippen LogP contribution < -0.4 is 11.1 Å². The third-order valence-electron chi connectivity index (χ3n) is 3.69. The molecule has 0 unspecified atom stereocenters. The maximum atomic E-state index is 12.7. The van der Waals surface area contributed by atoms with E-state index in [4.69, 9.17) is 0 Å². The summed E-state index contributed by atoms with van der Waals surface area (Å²) in [6.45, 7) is 0. The van der Waals surface area contributed by atoms with Crippen molar-refractivity contribution in [2.75, 3.05) is 0 Å². The summed E-state index contributed by atoms with van der Waals surface area (Å²) in [4.78, 5) is 25.4. The first-order chi connectivity index (χ1) is 9.75. The monoisotopic (exact) mass is 298 g/mol. The number of thiophene rings is 2. The Labute approximate surface area is 119 Å². The zero-order chi connectivity index (χ0) is 13.4. The molecule has 0 aliphatic heterocycles. The fourth-order valence-corrected chi connectivity index (χ4v) is 4.44. The van der Waals surface area contributed by atoms with Crippen LogP contribution in [0.2, 0.25) is 0 Å². The van der Waals surface area contributed by atoms with Crippen LogP contribution in [0.4, 0.5) is 0 Å². The van der Waals surface area contributed by atoms with Gasteiger partial charge in [0.15, 0.2) is 0 Å². The van der Waals surface area contributed by atoms with Crippen LogP contribution in [0.5, 0.6) is 0 Å². The first-order valence-corrected chi connectivity index (χ1v) is 7.79. The molecule has 5 aromatic rings. The molecular weight excluding hydrogens is 292 g/mol. The Balaban J connectivity index is 2.26. The highest BCUT2D eigenvalue weighted by Gasteiger charge is 2.17. The first kappa shape index (κ1) is 10.6. The van der Waals surface area contributed by atoms with Gasteiger partial charge in [-0.1, -0.05) is 0 Å². The molecule has 5 rings (SSSR count). The van der Waals surface area contributed by atoms with Gasteiger partial charge >= 0.3 is 0 Å². The summed E-state index contributed by atoms with van der Waals surface area (Å²) in [5.74, 6) is 0. The second kappa shape index (κ2) is 3.28. The molecule has 4 nitrogen and oxygen atoms in total. The zero-order valence-corrected chi connectivity index (χ0v) is 11.6. The lowest BCUT2D eigenvalue weighted by Gasteiger charge is -1.98. The van der Waals surface area contributed by atoms with Crippen LogP contribution in [0.3, 0.4) is 0 Å². The quantitative estimate of drug-likeness (QED) is 0.441. The van der Waals surface area contributed by atoms with Gasteiger partial charge in [-0.05, 0) is 35.0 Å². The molecule has 0 saturated carbocycles. The summed E-state index contributed by atoms with van der Waals surface area (Å²) in [5, 5.41) is 3.86. The molecule has 20 heavy (non-hydrogen) atoms. The number of nitrogens with zero attached hydrogens (tertiary/aromatic N) is 2. The molecule has 0 N–H and O–H groups in total. The van der Waals surface area contributed by atoms with Crippen LogP contribution in [0.25, 0.3) is 31.5 Å². The highest BCUT2D eigenvalue weighted by atomic mass is 32.1. The van der Waals surface area contributed by atoms with Gasteiger partial charge in [-0.15, -0.1) is 22.7 Å². The molecular formula is C14H6N2O2S2. The van der Waals surface area contributed by atoms with E-state index in [0.29, 0.717) is 11.0 Å². The zero-order valence-electron chi connectivity index (χ0n) is 9.99. The van der Waals surface area contributed by atoms with Gasteiger partial charge in [0.25, 0.3) is 11.1 Å². The van der Waals surface area contributed by atoms with E-state index in [1.165, 1.54) is 31.5 Å². The fourth-order valence-electron chi connectivity index (χ4n) is 2.83. The van der Waals surface area contributed by atoms with E-state index in [1.807, 2.05) is 22.9 Å². The molecule has 6 heteroatoms. The van der Waals surface area contributed by atoms with Crippen LogP contribution in [0.15, 0.2) is 44.6 Å². The van der Waals surface area contributed by atoms with Crippen molar-refractivity contribution >= 4 is 54.1 Å². The topological polar surface area (TPSA) is 43.0 Å². The maximum Gasteiger partial charge on any atom is 0.280 e. The lowest BCUT2D eigenvalue weighted by atomic mass is 10.4. The van der Waals surface area contributed by atoms with Gasteiger partial charge in [-0.2, -0.15) is 0 Å². The third-order valence-corrected chi connectivity index (χ3v) is 5.40. The highest BCUT2D eigenvalue weighted by Crippen LogP contribution is 2.26. The molecule has 0 fully saturated rings. The Morgan fingerprint density at radius 1 is 0.700 bits per heavy atom. The van der Waals surface area contributed by atoms with E-state index in [0.717, 1.165) is 20.4 Å². The number of hydrogen-bond donors (Lipinski definition) is 0. The van der Waals surface area contributed by atoms with Crippen LogP contribution in [-0.4, -0.2) is 8.80 Å². The van der Waals surface area contributed by atoms with Crippen molar-refractivity contribution in [3.63, 3.8) is 0 Å². The maximum absolute atomic E-state index is 12.7. The van der Waals surface area contributed by atoms with Gasteiger partial charge in [0.05, 0.1) is 20.4 Å². The predicted octanol–water partition coefficient (Wildman–Crippen LogP) is 2.78. The van der Waals surface area contributed by atoms with Gasteiger partial charge in [0, 0.05) is 0 Å². The van der Waals surface area contributed by atoms with E-state index in [1.54, 1.807) is 12.1 Å². The largest absolute Gasteiger partial charge is 0.280 e. The molecule has 0 aliphatic carbocycles. The van der Waals surface area contributed by atoms with Crippen molar-refractivity contribution in [3.8, 4) is 0 Å². The van der Waals surface area contributed by atoms with E-state index in [9.17, 15) is 9.59 Å². The predicted molar refractivity (Wildman–Crippen MR) is 82.8 cm³/mol. The summed E-state index contributed by atoms with van der Waals surface area (Å²) < 4.78 is 5.00. The summed E-state index contributed by atoms with van der Waals surface area (Å²) in [5.41, 5.74) is 2.28. The van der Waals surface area contributed by atoms with Gasteiger partial charge in [-0.25, -0.2) is 0 Å². The number of fused-ring (bicyclic) bond motifs is 6. The smallest absolute Gasteiger partial charge is 0.269 e. The highest BCUT2D eigenvalue weighted by molar-refractivity contribution is 7.17. The second-order valence-electron chi connectivity index (χ2n) is 4.68. The lowest BCUT2D eigenvalue weighted by Crippen LogP contribution is -2.25. The van der Waals surface area contributed by atoms with E-state index < -0.39 is 0 Å². The van der Waals surface area contributed by atoms with Crippen molar-refractivity contribution < 1.29 is 0 Å². The molecule has 5 aromatic heterocycles. The molecule has 0 bridgehead atoms. The van der Waals surface area contributed by atoms with Crippen molar-refractivity contribution in [1.29, 1.82) is 0 Å². The molecule has 0 radical (unpaired) electrons. The van der Waals surface area contributed by atoms with Gasteiger partial charge in [0.1, 0.15) is 11.0 Å². The van der Waals surface area contributed by atoms with Crippen LogP contribution in [0, 0.1) is 0 Å². The summed E-state index contributed by atoms with van der Waals surface area (Å²) in [6.07, 6.45) is 0. The molecule has 5 heterocycles. The Morgan fingerprint density at radius 3 is 1.60 bits per heavy atom. The van der Waals surface area contributed by atoms with E-state index in [2.05, 4.69) is 0 Å². The van der Waals surface area contributed by atoms with Gasteiger partial charge in [-0.3, -0.25) is 18.4 Å². The minimum Gasteiger partial charge on any atom is -0.269 e. The Kier molecular flexibility index (Phi) is 1.74. The number of aromatic nitrogens is 2. The normalized spacial score (nSPS) is 12.4. The van der Waals surface area contributed by atoms with Crippen LogP contribution >= 0.6 is 22.7 Å². The van der Waals surface area contributed by atoms with Gasteiger partial charge < -0.3 is 0 Å². The molecule has 0 aromatic carbocycles. The minimum atomic E-state index is -0.128. The first-order valence-electron chi connectivity index (χ1n) is 6.03. The Morgan fingerprint density at radius 2 is 1.15 bits per heavy atom. The molecule has 0 amide bonds. The summed E-state index contributed by atoms with van der Waals surface area (Å²) in [6, 6.07) is 7.38. The Bertz CT molecular complexity index is 1140. The molecule has 0 saturated heterocycles. The van der Waals surface area contributed by atoms with Gasteiger partial charge in [0.2, 0.25) is 0 Å². The average molecular weight is 298 g/mol. The molecule has 0 aliphatic rings. The molecule has 96 valence electrons. The SMILES string of the molecule is O=c1c2cc3sccc3n2c(=O)c2cc3sccc3n12. The number of rotatable bonds is 0. The van der Waals surface area contributed by atoms with E-state index >= 15 is 0 Å². The van der Waals surface area contributed by atoms with Crippen molar-refractivity contribution in [1.82, 2.24) is 8.80 Å². The van der Waals surface area contributed by atoms with Crippen LogP contribution in [0.1, 0.15) is 0 Å². The van der Waals surface area contributed by atoms with Crippen molar-refractivity contribution in [2.24, 2.45) is 0 Å². The van der Waals surface area contributed by atoms with E-state index in [-0.39, 0.29) is 11.1 Å². The third kappa shape index (κ3) is 1.04. The fraction of sp³-hybridized carbons (Fsp3) is 0. The summed E-state index contributed by atoms with van der Waals surface area (Å²) >= 11 is 3.08. The van der Waals surface area contributed by atoms with Crippen molar-refractivity contribution in [3.05, 3.63) is 55.7 Å². The number of hydrogen-bond acceptors (Lipinski definition) is 4. The Hall–Kier alpha value is -2.18. The standard InChI is InChI=1S/C14H6N2O2S2/c17-13-10-6-12-8(2-4-20-12)16(10)14(18)9-5-11-7(15(9)13)1-3-19-11/h1-6H. The minimum absolute atomic E-state index is 0.128. The van der Waals surface area contributed by atoms with Crippen molar-refractivity contribution in [2.45, 2.75) is 0 Å². The summed E-state index contributed by atoms with van der Waals surface area (Å²) in [7, 11) is 0. The lowest BCUT2D eigenvalue weighted by molar-refractivity contribution is 1.07. The molecule has 0 atom stereocenters. The molecule has 0 spiro atoms.